The van der Waals surface area contributed by atoms with Crippen LogP contribution in [-0.4, -0.2) is 54.3 Å². The molecule has 108 valence electrons. The Balaban J connectivity index is 1.95. The molecule has 6 nitrogen and oxygen atoms in total. The van der Waals surface area contributed by atoms with Gasteiger partial charge in [0.1, 0.15) is 5.75 Å². The minimum atomic E-state index is -1.07. The van der Waals surface area contributed by atoms with Gasteiger partial charge in [0.05, 0.1) is 13.2 Å². The summed E-state index contributed by atoms with van der Waals surface area (Å²) in [4.78, 5) is 24.4. The van der Waals surface area contributed by atoms with Gasteiger partial charge in [0.15, 0.2) is 12.6 Å². The molecular weight excluding hydrogens is 330 g/mol. The third-order valence-corrected chi connectivity index (χ3v) is 3.39. The summed E-state index contributed by atoms with van der Waals surface area (Å²) in [5.41, 5.74) is 0. The molecule has 0 radical (unpaired) electrons. The normalized spacial score (nSPS) is 18.6. The Labute approximate surface area is 124 Å². The molecule has 1 N–H and O–H groups in total. The average molecular weight is 344 g/mol. The largest absolute Gasteiger partial charge is 0.484 e. The maximum atomic E-state index is 12.0. The molecule has 1 aromatic carbocycles. The van der Waals surface area contributed by atoms with E-state index in [4.69, 9.17) is 14.6 Å². The van der Waals surface area contributed by atoms with Crippen molar-refractivity contribution in [1.82, 2.24) is 4.90 Å². The van der Waals surface area contributed by atoms with Crippen LogP contribution in [0.4, 0.5) is 0 Å². The van der Waals surface area contributed by atoms with Gasteiger partial charge in [0.25, 0.3) is 5.91 Å². The lowest BCUT2D eigenvalue weighted by Gasteiger charge is -2.32. The third kappa shape index (κ3) is 3.71. The molecule has 0 spiro atoms. The molecule has 0 saturated carbocycles. The highest BCUT2D eigenvalue weighted by atomic mass is 79.9. The van der Waals surface area contributed by atoms with Gasteiger partial charge >= 0.3 is 5.97 Å². The van der Waals surface area contributed by atoms with Crippen LogP contribution in [0.15, 0.2) is 28.7 Å². The number of aliphatic carboxylic acids is 1. The van der Waals surface area contributed by atoms with Crippen LogP contribution >= 0.6 is 15.9 Å². The van der Waals surface area contributed by atoms with Crippen molar-refractivity contribution in [3.63, 3.8) is 0 Å². The van der Waals surface area contributed by atoms with Crippen LogP contribution in [0.2, 0.25) is 0 Å². The smallest absolute Gasteiger partial charge is 0.328 e. The molecule has 0 bridgehead atoms. The third-order valence-electron chi connectivity index (χ3n) is 2.89. The van der Waals surface area contributed by atoms with Crippen LogP contribution in [-0.2, 0) is 14.3 Å². The fourth-order valence-corrected chi connectivity index (χ4v) is 2.27. The summed E-state index contributed by atoms with van der Waals surface area (Å²) in [5.74, 6) is -0.881. The summed E-state index contributed by atoms with van der Waals surface area (Å²) >= 11 is 3.30. The number of hydrogen-bond donors (Lipinski definition) is 1. The molecule has 7 heteroatoms. The molecule has 2 rings (SSSR count). The number of carbonyl (C=O) groups is 2. The minimum Gasteiger partial charge on any atom is -0.484 e. The number of hydrogen-bond acceptors (Lipinski definition) is 4. The number of halogens is 1. The van der Waals surface area contributed by atoms with Gasteiger partial charge in [0, 0.05) is 11.0 Å². The van der Waals surface area contributed by atoms with Gasteiger partial charge in [-0.05, 0) is 18.2 Å². The van der Waals surface area contributed by atoms with Crippen LogP contribution in [0.5, 0.6) is 5.75 Å². The monoisotopic (exact) mass is 343 g/mol. The summed E-state index contributed by atoms with van der Waals surface area (Å²) in [6, 6.07) is 6.16. The Bertz CT molecular complexity index is 507. The average Bonchev–Trinajstić information content (AvgIpc) is 2.45. The van der Waals surface area contributed by atoms with Crippen molar-refractivity contribution in [3.8, 4) is 5.75 Å². The molecule has 1 amide bonds. The predicted octanol–water partition coefficient (Wildman–Crippen LogP) is 1.14. The van der Waals surface area contributed by atoms with E-state index in [0.29, 0.717) is 12.4 Å². The van der Waals surface area contributed by atoms with Gasteiger partial charge in [0.2, 0.25) is 0 Å². The summed E-state index contributed by atoms with van der Waals surface area (Å²) < 4.78 is 11.3. The standard InChI is InChI=1S/C13H14BrNO5/c14-9-2-1-3-10(6-9)20-8-12(16)15-4-5-19-7-11(15)13(17)18/h1-3,6,11H,4-5,7-8H2,(H,17,18)/t11-/m1/s1. The first-order valence-electron chi connectivity index (χ1n) is 6.06. The van der Waals surface area contributed by atoms with E-state index in [1.807, 2.05) is 6.07 Å². The Kier molecular flexibility index (Phi) is 4.97. The molecule has 1 saturated heterocycles. The van der Waals surface area contributed by atoms with Crippen molar-refractivity contribution in [1.29, 1.82) is 0 Å². The Hall–Kier alpha value is -1.60. The maximum absolute atomic E-state index is 12.0. The number of amides is 1. The molecule has 20 heavy (non-hydrogen) atoms. The highest BCUT2D eigenvalue weighted by Gasteiger charge is 2.32. The number of ether oxygens (including phenoxy) is 2. The topological polar surface area (TPSA) is 76.1 Å². The minimum absolute atomic E-state index is 0.0119. The van der Waals surface area contributed by atoms with Crippen molar-refractivity contribution in [2.24, 2.45) is 0 Å². The quantitative estimate of drug-likeness (QED) is 0.887. The summed E-state index contributed by atoms with van der Waals surface area (Å²) in [6.45, 7) is 0.419. The molecule has 1 fully saturated rings. The van der Waals surface area contributed by atoms with Crippen LogP contribution < -0.4 is 4.74 Å². The Morgan fingerprint density at radius 2 is 2.30 bits per heavy atom. The molecule has 1 aromatic rings. The van der Waals surface area contributed by atoms with Gasteiger partial charge in [-0.3, -0.25) is 4.79 Å². The Morgan fingerprint density at radius 3 is 3.00 bits per heavy atom. The van der Waals surface area contributed by atoms with Crippen LogP contribution in [0.3, 0.4) is 0 Å². The van der Waals surface area contributed by atoms with Crippen molar-refractivity contribution in [2.75, 3.05) is 26.4 Å². The molecule has 0 aliphatic carbocycles. The fourth-order valence-electron chi connectivity index (χ4n) is 1.89. The Morgan fingerprint density at radius 1 is 1.50 bits per heavy atom. The first-order valence-corrected chi connectivity index (χ1v) is 6.85. The van der Waals surface area contributed by atoms with Crippen molar-refractivity contribution >= 4 is 27.8 Å². The van der Waals surface area contributed by atoms with Crippen molar-refractivity contribution in [3.05, 3.63) is 28.7 Å². The van der Waals surface area contributed by atoms with Gasteiger partial charge in [-0.1, -0.05) is 22.0 Å². The van der Waals surface area contributed by atoms with Crippen molar-refractivity contribution < 1.29 is 24.2 Å². The second kappa shape index (κ2) is 6.71. The van der Waals surface area contributed by atoms with Crippen LogP contribution in [0.25, 0.3) is 0 Å². The zero-order valence-electron chi connectivity index (χ0n) is 10.6. The zero-order chi connectivity index (χ0) is 14.5. The molecule has 0 unspecified atom stereocenters. The SMILES string of the molecule is O=C(O)[C@H]1COCCN1C(=O)COc1cccc(Br)c1. The number of benzene rings is 1. The van der Waals surface area contributed by atoms with E-state index < -0.39 is 12.0 Å². The fraction of sp³-hybridized carbons (Fsp3) is 0.385. The van der Waals surface area contributed by atoms with E-state index in [-0.39, 0.29) is 25.7 Å². The summed E-state index contributed by atoms with van der Waals surface area (Å²) in [6.07, 6.45) is 0. The highest BCUT2D eigenvalue weighted by molar-refractivity contribution is 9.10. The van der Waals surface area contributed by atoms with E-state index >= 15 is 0 Å². The van der Waals surface area contributed by atoms with E-state index in [0.717, 1.165) is 4.47 Å². The number of nitrogens with zero attached hydrogens (tertiary/aromatic N) is 1. The second-order valence-electron chi connectivity index (χ2n) is 4.26. The molecule has 1 heterocycles. The van der Waals surface area contributed by atoms with E-state index in [1.165, 1.54) is 4.90 Å². The molecule has 1 atom stereocenters. The van der Waals surface area contributed by atoms with E-state index in [1.54, 1.807) is 18.2 Å². The van der Waals surface area contributed by atoms with E-state index in [2.05, 4.69) is 15.9 Å². The lowest BCUT2D eigenvalue weighted by Crippen LogP contribution is -2.53. The number of morpholine rings is 1. The maximum Gasteiger partial charge on any atom is 0.328 e. The number of carboxylic acids is 1. The van der Waals surface area contributed by atoms with Gasteiger partial charge in [-0.15, -0.1) is 0 Å². The molecule has 0 aromatic heterocycles. The zero-order valence-corrected chi connectivity index (χ0v) is 12.2. The van der Waals surface area contributed by atoms with E-state index in [9.17, 15) is 9.59 Å². The number of carbonyl (C=O) groups excluding carboxylic acids is 1. The molecular formula is C13H14BrNO5. The lowest BCUT2D eigenvalue weighted by molar-refractivity contribution is -0.159. The molecule has 1 aliphatic rings. The predicted molar refractivity (Wildman–Crippen MR) is 73.6 cm³/mol. The lowest BCUT2D eigenvalue weighted by atomic mass is 10.2. The first-order chi connectivity index (χ1) is 9.58. The summed E-state index contributed by atoms with van der Waals surface area (Å²) in [5, 5.41) is 9.06. The van der Waals surface area contributed by atoms with Crippen LogP contribution in [0, 0.1) is 0 Å². The molecule has 1 aliphatic heterocycles. The number of rotatable bonds is 4. The second-order valence-corrected chi connectivity index (χ2v) is 5.18. The van der Waals surface area contributed by atoms with Crippen LogP contribution in [0.1, 0.15) is 0 Å². The summed E-state index contributed by atoms with van der Waals surface area (Å²) in [7, 11) is 0. The number of carboxylic acid groups (broad SMARTS) is 1. The van der Waals surface area contributed by atoms with Gasteiger partial charge in [-0.2, -0.15) is 0 Å². The highest BCUT2D eigenvalue weighted by Crippen LogP contribution is 2.18. The van der Waals surface area contributed by atoms with Gasteiger partial charge < -0.3 is 19.5 Å². The van der Waals surface area contributed by atoms with Gasteiger partial charge in [-0.25, -0.2) is 4.79 Å². The first kappa shape index (κ1) is 14.8. The van der Waals surface area contributed by atoms with Crippen molar-refractivity contribution in [2.45, 2.75) is 6.04 Å².